The van der Waals surface area contributed by atoms with Gasteiger partial charge in [0.25, 0.3) is 0 Å². The van der Waals surface area contributed by atoms with Crippen LogP contribution in [0.15, 0.2) is 65.2 Å². The highest BCUT2D eigenvalue weighted by molar-refractivity contribution is 5.78. The first-order chi connectivity index (χ1) is 13.8. The molecule has 0 saturated carbocycles. The lowest BCUT2D eigenvalue weighted by molar-refractivity contribution is -0.141. The van der Waals surface area contributed by atoms with Crippen LogP contribution in [0.3, 0.4) is 0 Å². The van der Waals surface area contributed by atoms with Crippen molar-refractivity contribution in [3.63, 3.8) is 0 Å². The molecule has 0 N–H and O–H groups in total. The summed E-state index contributed by atoms with van der Waals surface area (Å²) in [5.41, 5.74) is 1.95. The van der Waals surface area contributed by atoms with Crippen LogP contribution in [0.1, 0.15) is 36.8 Å². The van der Waals surface area contributed by atoms with Crippen LogP contribution in [-0.4, -0.2) is 34.1 Å². The van der Waals surface area contributed by atoms with Gasteiger partial charge in [-0.2, -0.15) is 4.98 Å². The van der Waals surface area contributed by atoms with Crippen molar-refractivity contribution in [3.8, 4) is 11.4 Å². The molecule has 28 heavy (non-hydrogen) atoms. The molecule has 1 amide bonds. The number of likely N-dealkylation sites (tertiary alicyclic amines) is 1. The monoisotopic (exact) mass is 377 g/mol. The highest BCUT2D eigenvalue weighted by Crippen LogP contribution is 2.31. The molecule has 0 bridgehead atoms. The van der Waals surface area contributed by atoms with Crippen molar-refractivity contribution in [3.05, 3.63) is 72.1 Å². The van der Waals surface area contributed by atoms with Gasteiger partial charge in [-0.15, -0.1) is 0 Å². The Bertz CT molecular complexity index is 896. The predicted octanol–water partition coefficient (Wildman–Crippen LogP) is 4.01. The molecule has 1 saturated heterocycles. The highest BCUT2D eigenvalue weighted by atomic mass is 16.5. The van der Waals surface area contributed by atoms with Gasteiger partial charge in [-0.1, -0.05) is 65.8 Å². The minimum absolute atomic E-state index is 0.0416. The zero-order valence-electron chi connectivity index (χ0n) is 15.7. The molecule has 0 spiro atoms. The number of rotatable bonds is 6. The van der Waals surface area contributed by atoms with E-state index in [1.54, 1.807) is 0 Å². The maximum atomic E-state index is 12.8. The molecule has 144 valence electrons. The number of carbonyl (C=O) groups is 1. The van der Waals surface area contributed by atoms with E-state index in [4.69, 9.17) is 9.26 Å². The average molecular weight is 377 g/mol. The smallest absolute Gasteiger partial charge is 0.249 e. The molecule has 2 heterocycles. The molecule has 0 radical (unpaired) electrons. The maximum Gasteiger partial charge on any atom is 0.249 e. The molecule has 6 nitrogen and oxygen atoms in total. The van der Waals surface area contributed by atoms with Crippen molar-refractivity contribution < 1.29 is 14.1 Å². The van der Waals surface area contributed by atoms with E-state index in [1.165, 1.54) is 0 Å². The summed E-state index contributed by atoms with van der Waals surface area (Å²) in [7, 11) is 0. The topological polar surface area (TPSA) is 68.5 Å². The lowest BCUT2D eigenvalue weighted by Gasteiger charge is -2.33. The third-order valence-corrected chi connectivity index (χ3v) is 4.92. The summed E-state index contributed by atoms with van der Waals surface area (Å²) in [4.78, 5) is 19.1. The van der Waals surface area contributed by atoms with E-state index in [-0.39, 0.29) is 18.6 Å². The zero-order valence-corrected chi connectivity index (χ0v) is 15.7. The second-order valence-corrected chi connectivity index (χ2v) is 6.90. The van der Waals surface area contributed by atoms with Crippen LogP contribution in [0.5, 0.6) is 0 Å². The summed E-state index contributed by atoms with van der Waals surface area (Å²) in [6.45, 7) is 1.15. The molecule has 4 rings (SSSR count). The SMILES string of the molecule is O=C(COCc1ccccc1)N1CCCC[C@H]1c1nc(-c2ccccc2)no1. The van der Waals surface area contributed by atoms with Crippen LogP contribution >= 0.6 is 0 Å². The van der Waals surface area contributed by atoms with Gasteiger partial charge in [0.05, 0.1) is 6.61 Å². The summed E-state index contributed by atoms with van der Waals surface area (Å²) >= 11 is 0. The van der Waals surface area contributed by atoms with Gasteiger partial charge in [0.1, 0.15) is 12.6 Å². The van der Waals surface area contributed by atoms with E-state index >= 15 is 0 Å². The first kappa shape index (κ1) is 18.4. The zero-order chi connectivity index (χ0) is 19.2. The molecule has 0 unspecified atom stereocenters. The second kappa shape index (κ2) is 8.80. The van der Waals surface area contributed by atoms with Gasteiger partial charge in [-0.25, -0.2) is 0 Å². The number of amides is 1. The summed E-state index contributed by atoms with van der Waals surface area (Å²) in [5, 5.41) is 4.10. The number of aromatic nitrogens is 2. The molecule has 1 aliphatic heterocycles. The Morgan fingerprint density at radius 1 is 1.07 bits per heavy atom. The number of ether oxygens (including phenoxy) is 1. The van der Waals surface area contributed by atoms with E-state index in [1.807, 2.05) is 65.6 Å². The van der Waals surface area contributed by atoms with Gasteiger partial charge in [-0.3, -0.25) is 4.79 Å². The predicted molar refractivity (Wildman–Crippen MR) is 104 cm³/mol. The summed E-state index contributed by atoms with van der Waals surface area (Å²) in [5.74, 6) is 1.00. The minimum atomic E-state index is -0.188. The van der Waals surface area contributed by atoms with E-state index < -0.39 is 0 Å². The molecule has 2 aromatic carbocycles. The molecule has 6 heteroatoms. The molecular formula is C22H23N3O3. The Balaban J connectivity index is 1.41. The van der Waals surface area contributed by atoms with Crippen LogP contribution in [0, 0.1) is 0 Å². The van der Waals surface area contributed by atoms with Gasteiger partial charge in [0.2, 0.25) is 17.6 Å². The molecule has 0 aliphatic carbocycles. The Labute approximate surface area is 164 Å². The van der Waals surface area contributed by atoms with Gasteiger partial charge in [0.15, 0.2) is 0 Å². The third-order valence-electron chi connectivity index (χ3n) is 4.92. The quantitative estimate of drug-likeness (QED) is 0.649. The van der Waals surface area contributed by atoms with Crippen molar-refractivity contribution >= 4 is 5.91 Å². The molecule has 1 aromatic heterocycles. The fourth-order valence-electron chi connectivity index (χ4n) is 3.48. The summed E-state index contributed by atoms with van der Waals surface area (Å²) in [6.07, 6.45) is 2.82. The van der Waals surface area contributed by atoms with Crippen molar-refractivity contribution in [2.24, 2.45) is 0 Å². The lowest BCUT2D eigenvalue weighted by Crippen LogP contribution is -2.40. The van der Waals surface area contributed by atoms with Gasteiger partial charge >= 0.3 is 0 Å². The Kier molecular flexibility index (Phi) is 5.77. The van der Waals surface area contributed by atoms with E-state index in [2.05, 4.69) is 10.1 Å². The minimum Gasteiger partial charge on any atom is -0.367 e. The fraction of sp³-hybridized carbons (Fsp3) is 0.318. The number of hydrogen-bond acceptors (Lipinski definition) is 5. The van der Waals surface area contributed by atoms with E-state index in [9.17, 15) is 4.79 Å². The van der Waals surface area contributed by atoms with Crippen LogP contribution < -0.4 is 0 Å². The van der Waals surface area contributed by atoms with Crippen LogP contribution in [0.2, 0.25) is 0 Å². The lowest BCUT2D eigenvalue weighted by atomic mass is 10.0. The number of hydrogen-bond donors (Lipinski definition) is 0. The standard InChI is InChI=1S/C22H23N3O3/c26-20(16-27-15-17-9-3-1-4-10-17)25-14-8-7-13-19(25)22-23-21(24-28-22)18-11-5-2-6-12-18/h1-6,9-12,19H,7-8,13-16H2/t19-/m0/s1. The highest BCUT2D eigenvalue weighted by Gasteiger charge is 2.32. The normalized spacial score (nSPS) is 16.9. The summed E-state index contributed by atoms with van der Waals surface area (Å²) < 4.78 is 11.2. The molecule has 1 atom stereocenters. The molecule has 1 fully saturated rings. The van der Waals surface area contributed by atoms with Crippen molar-refractivity contribution in [2.45, 2.75) is 31.9 Å². The first-order valence-electron chi connectivity index (χ1n) is 9.61. The Morgan fingerprint density at radius 3 is 2.61 bits per heavy atom. The number of carbonyl (C=O) groups excluding carboxylic acids is 1. The van der Waals surface area contributed by atoms with Crippen LogP contribution in [-0.2, 0) is 16.1 Å². The number of nitrogens with zero attached hydrogens (tertiary/aromatic N) is 3. The molecule has 3 aromatic rings. The van der Waals surface area contributed by atoms with E-state index in [0.717, 1.165) is 30.4 Å². The molecule has 1 aliphatic rings. The Morgan fingerprint density at radius 2 is 1.82 bits per heavy atom. The van der Waals surface area contributed by atoms with Crippen LogP contribution in [0.25, 0.3) is 11.4 Å². The number of benzene rings is 2. The number of piperidine rings is 1. The maximum absolute atomic E-state index is 12.8. The van der Waals surface area contributed by atoms with Crippen LogP contribution in [0.4, 0.5) is 0 Å². The Hall–Kier alpha value is -2.99. The molecular weight excluding hydrogens is 354 g/mol. The largest absolute Gasteiger partial charge is 0.367 e. The van der Waals surface area contributed by atoms with Crippen molar-refractivity contribution in [1.29, 1.82) is 0 Å². The second-order valence-electron chi connectivity index (χ2n) is 6.90. The van der Waals surface area contributed by atoms with Gasteiger partial charge in [0, 0.05) is 12.1 Å². The van der Waals surface area contributed by atoms with Crippen molar-refractivity contribution in [2.75, 3.05) is 13.2 Å². The van der Waals surface area contributed by atoms with Gasteiger partial charge in [-0.05, 0) is 24.8 Å². The summed E-state index contributed by atoms with van der Waals surface area (Å²) in [6, 6.07) is 19.4. The fourth-order valence-corrected chi connectivity index (χ4v) is 3.48. The van der Waals surface area contributed by atoms with Crippen molar-refractivity contribution in [1.82, 2.24) is 15.0 Å². The van der Waals surface area contributed by atoms with Gasteiger partial charge < -0.3 is 14.2 Å². The first-order valence-corrected chi connectivity index (χ1v) is 9.61. The third kappa shape index (κ3) is 4.28. The average Bonchev–Trinajstić information content (AvgIpc) is 3.25. The van der Waals surface area contributed by atoms with E-state index in [0.29, 0.717) is 24.9 Å².